The molecule has 2 nitrogen and oxygen atoms in total. The average molecular weight is 398 g/mol. The van der Waals surface area contributed by atoms with Crippen molar-refractivity contribution < 1.29 is 9.53 Å². The Morgan fingerprint density at radius 3 is 1.58 bits per heavy atom. The average Bonchev–Trinajstić information content (AvgIpc) is 2.79. The predicted octanol–water partition coefficient (Wildman–Crippen LogP) is 7.54. The largest absolute Gasteiger partial charge is 0.423 e. The Hall–Kier alpha value is -4.17. The third-order valence-electron chi connectivity index (χ3n) is 5.95. The highest BCUT2D eigenvalue weighted by Gasteiger charge is 2.09. The summed E-state index contributed by atoms with van der Waals surface area (Å²) >= 11 is 0. The van der Waals surface area contributed by atoms with Crippen molar-refractivity contribution >= 4 is 59.8 Å². The fourth-order valence-electron chi connectivity index (χ4n) is 4.43. The molecule has 0 radical (unpaired) electrons. The van der Waals surface area contributed by atoms with E-state index in [0.29, 0.717) is 5.75 Å². The van der Waals surface area contributed by atoms with Crippen molar-refractivity contribution in [2.45, 2.75) is 0 Å². The number of ether oxygens (including phenoxy) is 1. The first-order valence-corrected chi connectivity index (χ1v) is 10.2. The summed E-state index contributed by atoms with van der Waals surface area (Å²) in [5.41, 5.74) is 0. The molecule has 6 aromatic carbocycles. The summed E-state index contributed by atoms with van der Waals surface area (Å²) in [7, 11) is 0. The van der Waals surface area contributed by atoms with Gasteiger partial charge in [0.05, 0.1) is 0 Å². The Kier molecular flexibility index (Phi) is 3.81. The molecule has 6 aromatic rings. The third-order valence-corrected chi connectivity index (χ3v) is 5.95. The molecule has 0 aliphatic carbocycles. The van der Waals surface area contributed by atoms with Crippen LogP contribution in [0.2, 0.25) is 0 Å². The number of esters is 1. The Bertz CT molecular complexity index is 1690. The molecule has 0 fully saturated rings. The van der Waals surface area contributed by atoms with Crippen molar-refractivity contribution in [1.29, 1.82) is 0 Å². The second-order valence-electron chi connectivity index (χ2n) is 7.90. The highest BCUT2D eigenvalue weighted by Crippen LogP contribution is 2.34. The number of rotatable bonds is 2. The van der Waals surface area contributed by atoms with E-state index in [2.05, 4.69) is 79.4 Å². The van der Waals surface area contributed by atoms with Gasteiger partial charge in [0.1, 0.15) is 5.75 Å². The van der Waals surface area contributed by atoms with Crippen LogP contribution in [0.25, 0.3) is 53.9 Å². The zero-order valence-corrected chi connectivity index (χ0v) is 16.8. The Morgan fingerprint density at radius 1 is 0.581 bits per heavy atom. The fourth-order valence-corrected chi connectivity index (χ4v) is 4.43. The molecule has 146 valence electrons. The van der Waals surface area contributed by atoms with Crippen LogP contribution in [0.3, 0.4) is 0 Å². The minimum atomic E-state index is -0.454. The monoisotopic (exact) mass is 398 g/mol. The lowest BCUT2D eigenvalue weighted by molar-refractivity contribution is -0.128. The molecule has 0 unspecified atom stereocenters. The summed E-state index contributed by atoms with van der Waals surface area (Å²) in [5, 5.41) is 11.6. The Labute approximate surface area is 179 Å². The molecule has 0 aliphatic heterocycles. The highest BCUT2D eigenvalue weighted by molar-refractivity contribution is 6.10. The van der Waals surface area contributed by atoms with Gasteiger partial charge >= 0.3 is 5.97 Å². The summed E-state index contributed by atoms with van der Waals surface area (Å²) in [6, 6.07) is 31.9. The second-order valence-corrected chi connectivity index (χ2v) is 7.90. The fraction of sp³-hybridized carbons (Fsp3) is 0. The van der Waals surface area contributed by atoms with Gasteiger partial charge < -0.3 is 4.74 Å². The normalized spacial score (nSPS) is 11.5. The summed E-state index contributed by atoms with van der Waals surface area (Å²) in [6.07, 6.45) is 1.18. The number of fused-ring (bicyclic) bond motifs is 5. The SMILES string of the molecule is C=CC(=O)Oc1cccc2cc3cc4cc5cc6ccccc6cc5cc4cc3cc12. The predicted molar refractivity (Wildman–Crippen MR) is 130 cm³/mol. The van der Waals surface area contributed by atoms with E-state index >= 15 is 0 Å². The van der Waals surface area contributed by atoms with Crippen LogP contribution in [-0.2, 0) is 4.79 Å². The first-order chi connectivity index (χ1) is 15.2. The molecule has 6 rings (SSSR count). The van der Waals surface area contributed by atoms with Gasteiger partial charge in [-0.3, -0.25) is 0 Å². The van der Waals surface area contributed by atoms with E-state index in [4.69, 9.17) is 4.74 Å². The summed E-state index contributed by atoms with van der Waals surface area (Å²) in [4.78, 5) is 11.7. The van der Waals surface area contributed by atoms with Crippen molar-refractivity contribution in [3.63, 3.8) is 0 Å². The lowest BCUT2D eigenvalue weighted by atomic mass is 9.96. The first kappa shape index (κ1) is 17.7. The maximum atomic E-state index is 11.7. The van der Waals surface area contributed by atoms with E-state index in [1.807, 2.05) is 18.2 Å². The number of benzene rings is 6. The van der Waals surface area contributed by atoms with E-state index in [1.54, 1.807) is 0 Å². The van der Waals surface area contributed by atoms with Crippen LogP contribution in [0.1, 0.15) is 0 Å². The zero-order chi connectivity index (χ0) is 20.9. The molecule has 0 N–H and O–H groups in total. The molecule has 2 heteroatoms. The van der Waals surface area contributed by atoms with Gasteiger partial charge in [-0.2, -0.15) is 0 Å². The molecule has 0 heterocycles. The minimum absolute atomic E-state index is 0.454. The number of carbonyl (C=O) groups excluding carboxylic acids is 1. The van der Waals surface area contributed by atoms with Crippen molar-refractivity contribution in [3.8, 4) is 5.75 Å². The molecule has 0 aliphatic rings. The van der Waals surface area contributed by atoms with Crippen LogP contribution < -0.4 is 4.74 Å². The maximum Gasteiger partial charge on any atom is 0.335 e. The van der Waals surface area contributed by atoms with E-state index in [9.17, 15) is 4.79 Å². The summed E-state index contributed by atoms with van der Waals surface area (Å²) in [5.74, 6) is 0.0965. The van der Waals surface area contributed by atoms with Crippen LogP contribution in [0.4, 0.5) is 0 Å². The molecular weight excluding hydrogens is 380 g/mol. The van der Waals surface area contributed by atoms with Gasteiger partial charge in [0, 0.05) is 11.5 Å². The molecule has 31 heavy (non-hydrogen) atoms. The molecule has 0 aromatic heterocycles. The topological polar surface area (TPSA) is 26.3 Å². The quantitative estimate of drug-likeness (QED) is 0.130. The number of carbonyl (C=O) groups is 1. The maximum absolute atomic E-state index is 11.7. The molecule has 0 spiro atoms. The highest BCUT2D eigenvalue weighted by atomic mass is 16.5. The molecular formula is C29H18O2. The molecule has 0 saturated carbocycles. The molecule has 0 saturated heterocycles. The minimum Gasteiger partial charge on any atom is -0.423 e. The van der Waals surface area contributed by atoms with Gasteiger partial charge in [0.2, 0.25) is 0 Å². The van der Waals surface area contributed by atoms with Crippen molar-refractivity contribution in [2.24, 2.45) is 0 Å². The lowest BCUT2D eigenvalue weighted by Gasteiger charge is -2.10. The van der Waals surface area contributed by atoms with Gasteiger partial charge in [-0.1, -0.05) is 43.0 Å². The van der Waals surface area contributed by atoms with Crippen LogP contribution in [0.15, 0.2) is 104 Å². The molecule has 0 amide bonds. The van der Waals surface area contributed by atoms with Gasteiger partial charge in [-0.25, -0.2) is 4.79 Å². The van der Waals surface area contributed by atoms with Crippen LogP contribution >= 0.6 is 0 Å². The number of hydrogen-bond acceptors (Lipinski definition) is 2. The zero-order valence-electron chi connectivity index (χ0n) is 16.8. The second kappa shape index (κ2) is 6.68. The van der Waals surface area contributed by atoms with Crippen LogP contribution in [0.5, 0.6) is 5.75 Å². The van der Waals surface area contributed by atoms with Gasteiger partial charge in [0.15, 0.2) is 0 Å². The van der Waals surface area contributed by atoms with Crippen LogP contribution in [0, 0.1) is 0 Å². The van der Waals surface area contributed by atoms with Gasteiger partial charge in [0.25, 0.3) is 0 Å². The van der Waals surface area contributed by atoms with Crippen LogP contribution in [-0.4, -0.2) is 5.97 Å². The summed E-state index contributed by atoms with van der Waals surface area (Å²) in [6.45, 7) is 3.49. The smallest absolute Gasteiger partial charge is 0.335 e. The summed E-state index contributed by atoms with van der Waals surface area (Å²) < 4.78 is 5.45. The van der Waals surface area contributed by atoms with Gasteiger partial charge in [-0.05, 0) is 103 Å². The Balaban J connectivity index is 1.61. The van der Waals surface area contributed by atoms with E-state index in [-0.39, 0.29) is 0 Å². The third kappa shape index (κ3) is 2.92. The standard InChI is InChI=1S/C29H18O2/c1-2-29(30)31-28-9-5-8-20-12-23-15-24-13-21-10-18-6-3-4-7-19(18)11-22(21)14-25(24)16-26(23)17-27(20)28/h2-17H,1H2. The number of hydrogen-bond donors (Lipinski definition) is 0. The van der Waals surface area contributed by atoms with Crippen molar-refractivity contribution in [3.05, 3.63) is 104 Å². The van der Waals surface area contributed by atoms with E-state index < -0.39 is 5.97 Å². The lowest BCUT2D eigenvalue weighted by Crippen LogP contribution is -2.03. The van der Waals surface area contributed by atoms with Crippen molar-refractivity contribution in [2.75, 3.05) is 0 Å². The van der Waals surface area contributed by atoms with Crippen molar-refractivity contribution in [1.82, 2.24) is 0 Å². The molecule has 0 bridgehead atoms. The van der Waals surface area contributed by atoms with Gasteiger partial charge in [-0.15, -0.1) is 0 Å². The first-order valence-electron chi connectivity index (χ1n) is 10.2. The van der Waals surface area contributed by atoms with E-state index in [1.165, 1.54) is 38.4 Å². The van der Waals surface area contributed by atoms with E-state index in [0.717, 1.165) is 21.5 Å². The Morgan fingerprint density at radius 2 is 1.03 bits per heavy atom. The molecule has 0 atom stereocenters.